The third-order valence-electron chi connectivity index (χ3n) is 4.49. The molecule has 1 N–H and O–H groups in total. The number of nitrogens with zero attached hydrogens (tertiary/aromatic N) is 1. The summed E-state index contributed by atoms with van der Waals surface area (Å²) in [6.45, 7) is 2.13. The smallest absolute Gasteiger partial charge is 0.252 e. The van der Waals surface area contributed by atoms with E-state index in [4.69, 9.17) is 4.74 Å². The largest absolute Gasteiger partial charge is 0.376 e. The molecule has 122 valence electrons. The van der Waals surface area contributed by atoms with Gasteiger partial charge in [-0.1, -0.05) is 0 Å². The van der Waals surface area contributed by atoms with Gasteiger partial charge >= 0.3 is 0 Å². The number of piperidine rings is 1. The van der Waals surface area contributed by atoms with Gasteiger partial charge in [-0.25, -0.2) is 12.7 Å². The third-order valence-corrected chi connectivity index (χ3v) is 6.44. The second kappa shape index (κ2) is 6.27. The number of carbonyl (C=O) groups excluding carboxylic acids is 1. The molecule has 1 aromatic rings. The summed E-state index contributed by atoms with van der Waals surface area (Å²) in [5.41, 5.74) is 0.654. The van der Waals surface area contributed by atoms with Crippen molar-refractivity contribution >= 4 is 27.3 Å². The van der Waals surface area contributed by atoms with E-state index in [1.54, 1.807) is 11.4 Å². The maximum atomic E-state index is 12.0. The van der Waals surface area contributed by atoms with Gasteiger partial charge in [-0.3, -0.25) is 4.79 Å². The van der Waals surface area contributed by atoms with Gasteiger partial charge in [-0.05, 0) is 23.8 Å². The molecule has 0 saturated carbocycles. The number of hydrogen-bond acceptors (Lipinski definition) is 5. The van der Waals surface area contributed by atoms with E-state index in [2.05, 4.69) is 5.32 Å². The normalized spacial score (nSPS) is 29.2. The number of fused-ring (bicyclic) bond motifs is 1. The summed E-state index contributed by atoms with van der Waals surface area (Å²) >= 11 is 1.48. The van der Waals surface area contributed by atoms with Crippen molar-refractivity contribution in [2.75, 3.05) is 32.5 Å². The summed E-state index contributed by atoms with van der Waals surface area (Å²) < 4.78 is 30.8. The summed E-state index contributed by atoms with van der Waals surface area (Å²) in [5, 5.41) is 6.56. The zero-order valence-electron chi connectivity index (χ0n) is 12.4. The Hall–Kier alpha value is -0.960. The molecule has 3 rings (SSSR count). The average Bonchev–Trinajstić information content (AvgIpc) is 3.13. The molecule has 3 heterocycles. The van der Waals surface area contributed by atoms with Gasteiger partial charge in [0.2, 0.25) is 10.0 Å². The standard InChI is InChI=1S/C14H20N2O4S2/c1-22(18,19)16-4-2-10-8-20-13(12(10)7-16)6-15-14(17)11-3-5-21-9-11/h3,5,9-10,12-13H,2,4,6-8H2,1H3,(H,15,17)/t10-,12-,13+/m0/s1. The van der Waals surface area contributed by atoms with Crippen molar-refractivity contribution in [3.63, 3.8) is 0 Å². The molecule has 3 atom stereocenters. The SMILES string of the molecule is CS(=O)(=O)N1CC[C@H]2CO[C@H](CNC(=O)c3ccsc3)[C@H]2C1. The second-order valence-corrected chi connectivity index (χ2v) is 8.69. The predicted octanol–water partition coefficient (Wildman–Crippen LogP) is 0.774. The van der Waals surface area contributed by atoms with Crippen LogP contribution in [0.2, 0.25) is 0 Å². The van der Waals surface area contributed by atoms with Crippen LogP contribution in [0.1, 0.15) is 16.8 Å². The van der Waals surface area contributed by atoms with Crippen molar-refractivity contribution in [2.24, 2.45) is 11.8 Å². The van der Waals surface area contributed by atoms with Crippen LogP contribution < -0.4 is 5.32 Å². The Bertz CT molecular complexity index is 629. The number of sulfonamides is 1. The van der Waals surface area contributed by atoms with Crippen LogP contribution in [-0.4, -0.2) is 57.2 Å². The van der Waals surface area contributed by atoms with Gasteiger partial charge in [-0.2, -0.15) is 11.3 Å². The van der Waals surface area contributed by atoms with Gasteiger partial charge in [0.15, 0.2) is 0 Å². The van der Waals surface area contributed by atoms with E-state index in [0.717, 1.165) is 6.42 Å². The highest BCUT2D eigenvalue weighted by atomic mass is 32.2. The first-order valence-corrected chi connectivity index (χ1v) is 10.1. The highest BCUT2D eigenvalue weighted by Crippen LogP contribution is 2.34. The van der Waals surface area contributed by atoms with Gasteiger partial charge < -0.3 is 10.1 Å². The number of nitrogens with one attached hydrogen (secondary N) is 1. The van der Waals surface area contributed by atoms with Crippen molar-refractivity contribution in [3.05, 3.63) is 22.4 Å². The van der Waals surface area contributed by atoms with Crippen LogP contribution in [0.4, 0.5) is 0 Å². The lowest BCUT2D eigenvalue weighted by atomic mass is 9.85. The molecule has 2 aliphatic heterocycles. The van der Waals surface area contributed by atoms with Crippen LogP contribution in [0, 0.1) is 11.8 Å². The van der Waals surface area contributed by atoms with E-state index >= 15 is 0 Å². The topological polar surface area (TPSA) is 75.7 Å². The highest BCUT2D eigenvalue weighted by molar-refractivity contribution is 7.88. The maximum absolute atomic E-state index is 12.0. The fourth-order valence-corrected chi connectivity index (χ4v) is 4.71. The Morgan fingerprint density at radius 2 is 2.36 bits per heavy atom. The molecule has 0 spiro atoms. The minimum absolute atomic E-state index is 0.107. The molecule has 0 unspecified atom stereocenters. The first-order valence-electron chi connectivity index (χ1n) is 7.32. The second-order valence-electron chi connectivity index (χ2n) is 5.93. The van der Waals surface area contributed by atoms with Gasteiger partial charge in [0.05, 0.1) is 19.0 Å². The molecular weight excluding hydrogens is 324 g/mol. The van der Waals surface area contributed by atoms with Crippen LogP contribution in [0.3, 0.4) is 0 Å². The predicted molar refractivity (Wildman–Crippen MR) is 84.4 cm³/mol. The van der Waals surface area contributed by atoms with Gasteiger partial charge in [0.1, 0.15) is 0 Å². The van der Waals surface area contributed by atoms with E-state index in [1.165, 1.54) is 21.9 Å². The monoisotopic (exact) mass is 344 g/mol. The molecular formula is C14H20N2O4S2. The highest BCUT2D eigenvalue weighted by Gasteiger charge is 2.42. The van der Waals surface area contributed by atoms with Gasteiger partial charge in [0.25, 0.3) is 5.91 Å². The van der Waals surface area contributed by atoms with Crippen LogP contribution in [0.15, 0.2) is 16.8 Å². The zero-order valence-corrected chi connectivity index (χ0v) is 14.0. The lowest BCUT2D eigenvalue weighted by Gasteiger charge is -2.34. The van der Waals surface area contributed by atoms with Crippen LogP contribution >= 0.6 is 11.3 Å². The molecule has 2 fully saturated rings. The summed E-state index contributed by atoms with van der Waals surface area (Å²) in [5.74, 6) is 0.441. The van der Waals surface area contributed by atoms with Crippen LogP contribution in [0.5, 0.6) is 0 Å². The Balaban J connectivity index is 1.59. The van der Waals surface area contributed by atoms with E-state index in [9.17, 15) is 13.2 Å². The fraction of sp³-hybridized carbons (Fsp3) is 0.643. The van der Waals surface area contributed by atoms with Crippen molar-refractivity contribution in [3.8, 4) is 0 Å². The molecule has 0 aromatic carbocycles. The first kappa shape index (κ1) is 15.9. The Morgan fingerprint density at radius 1 is 1.55 bits per heavy atom. The van der Waals surface area contributed by atoms with E-state index in [0.29, 0.717) is 37.7 Å². The minimum Gasteiger partial charge on any atom is -0.376 e. The van der Waals surface area contributed by atoms with Crippen molar-refractivity contribution in [1.29, 1.82) is 0 Å². The molecule has 22 heavy (non-hydrogen) atoms. The van der Waals surface area contributed by atoms with E-state index in [-0.39, 0.29) is 17.9 Å². The van der Waals surface area contributed by atoms with Crippen molar-refractivity contribution in [2.45, 2.75) is 12.5 Å². The summed E-state index contributed by atoms with van der Waals surface area (Å²) in [6, 6.07) is 1.78. The molecule has 0 bridgehead atoms. The van der Waals surface area contributed by atoms with Crippen molar-refractivity contribution < 1.29 is 17.9 Å². The molecule has 1 amide bonds. The number of ether oxygens (including phenoxy) is 1. The molecule has 0 radical (unpaired) electrons. The molecule has 0 aliphatic carbocycles. The summed E-state index contributed by atoms with van der Waals surface area (Å²) in [7, 11) is -3.16. The average molecular weight is 344 g/mol. The zero-order chi connectivity index (χ0) is 15.7. The van der Waals surface area contributed by atoms with Gasteiger partial charge in [-0.15, -0.1) is 0 Å². The number of rotatable bonds is 4. The maximum Gasteiger partial charge on any atom is 0.252 e. The number of amides is 1. The molecule has 2 saturated heterocycles. The quantitative estimate of drug-likeness (QED) is 0.876. The number of thiophene rings is 1. The lowest BCUT2D eigenvalue weighted by Crippen LogP contribution is -2.47. The Morgan fingerprint density at radius 3 is 3.05 bits per heavy atom. The number of carbonyl (C=O) groups is 1. The molecule has 6 nitrogen and oxygen atoms in total. The minimum atomic E-state index is -3.16. The Labute approximate surface area is 134 Å². The lowest BCUT2D eigenvalue weighted by molar-refractivity contribution is 0.0751. The van der Waals surface area contributed by atoms with Gasteiger partial charge in [0, 0.05) is 36.5 Å². The van der Waals surface area contributed by atoms with E-state index < -0.39 is 10.0 Å². The first-order chi connectivity index (χ1) is 10.4. The molecule has 8 heteroatoms. The summed E-state index contributed by atoms with van der Waals surface area (Å²) in [4.78, 5) is 12.0. The third kappa shape index (κ3) is 3.34. The van der Waals surface area contributed by atoms with E-state index in [1.807, 2.05) is 5.38 Å². The fourth-order valence-electron chi connectivity index (χ4n) is 3.20. The molecule has 2 aliphatic rings. The Kier molecular flexibility index (Phi) is 4.54. The molecule has 1 aromatic heterocycles. The number of hydrogen-bond donors (Lipinski definition) is 1. The van der Waals surface area contributed by atoms with Crippen LogP contribution in [-0.2, 0) is 14.8 Å². The van der Waals surface area contributed by atoms with Crippen LogP contribution in [0.25, 0.3) is 0 Å². The summed E-state index contributed by atoms with van der Waals surface area (Å²) in [6.07, 6.45) is 1.96. The van der Waals surface area contributed by atoms with Crippen molar-refractivity contribution in [1.82, 2.24) is 9.62 Å².